The van der Waals surface area contributed by atoms with E-state index < -0.39 is 76.4 Å². The summed E-state index contributed by atoms with van der Waals surface area (Å²) in [7, 11) is 0. The highest BCUT2D eigenvalue weighted by molar-refractivity contribution is 6.67. The van der Waals surface area contributed by atoms with Crippen LogP contribution in [0.2, 0.25) is 0 Å². The van der Waals surface area contributed by atoms with Gasteiger partial charge in [0, 0.05) is 19.4 Å². The van der Waals surface area contributed by atoms with Crippen LogP contribution in [0.4, 0.5) is 8.78 Å². The third-order valence-electron chi connectivity index (χ3n) is 6.80. The number of hydrogen-bond donors (Lipinski definition) is 3. The summed E-state index contributed by atoms with van der Waals surface area (Å²) < 4.78 is 30.6. The van der Waals surface area contributed by atoms with Crippen LogP contribution in [0.5, 0.6) is 0 Å². The molecule has 0 aromatic rings. The van der Waals surface area contributed by atoms with Crippen molar-refractivity contribution in [2.45, 2.75) is 87.1 Å². The van der Waals surface area contributed by atoms with Crippen molar-refractivity contribution in [2.75, 3.05) is 13.2 Å². The van der Waals surface area contributed by atoms with Crippen molar-refractivity contribution in [3.63, 3.8) is 0 Å². The molecule has 1 saturated carbocycles. The van der Waals surface area contributed by atoms with E-state index in [1.807, 2.05) is 0 Å². The molecular weight excluding hydrogens is 569 g/mol. The number of carbonyl (C=O) groups excluding carboxylic acids is 4. The van der Waals surface area contributed by atoms with Crippen molar-refractivity contribution in [1.82, 2.24) is 21.1 Å². The fourth-order valence-electron chi connectivity index (χ4n) is 4.37. The predicted octanol–water partition coefficient (Wildman–Crippen LogP) is 3.42. The van der Waals surface area contributed by atoms with E-state index in [0.29, 0.717) is 12.8 Å². The molecule has 0 spiro atoms. The van der Waals surface area contributed by atoms with Gasteiger partial charge in [0.05, 0.1) is 5.41 Å². The molecule has 9 nitrogen and oxygen atoms in total. The fourth-order valence-corrected chi connectivity index (χ4v) is 4.54. The van der Waals surface area contributed by atoms with E-state index >= 15 is 0 Å². The zero-order chi connectivity index (χ0) is 28.9. The Morgan fingerprint density at radius 1 is 1.13 bits per heavy atom. The van der Waals surface area contributed by atoms with E-state index in [0.717, 1.165) is 0 Å². The van der Waals surface area contributed by atoms with E-state index in [-0.39, 0.29) is 25.3 Å². The van der Waals surface area contributed by atoms with Crippen LogP contribution in [0.25, 0.3) is 0 Å². The number of hydrazine groups is 1. The van der Waals surface area contributed by atoms with Gasteiger partial charge in [-0.3, -0.25) is 24.2 Å². The topological polar surface area (TPSA) is 117 Å². The summed E-state index contributed by atoms with van der Waals surface area (Å²) in [5, 5.41) is 6.49. The van der Waals surface area contributed by atoms with Gasteiger partial charge >= 0.3 is 5.97 Å². The molecule has 0 bridgehead atoms. The van der Waals surface area contributed by atoms with Crippen LogP contribution < -0.4 is 16.1 Å². The summed E-state index contributed by atoms with van der Waals surface area (Å²) in [6.07, 6.45) is 1.19. The average molecular weight is 604 g/mol. The second-order valence-corrected chi connectivity index (χ2v) is 12.7. The molecule has 2 fully saturated rings. The smallest absolute Gasteiger partial charge is 0.325 e. The summed E-state index contributed by atoms with van der Waals surface area (Å²) in [6, 6.07) is -2.87. The molecule has 3 atom stereocenters. The molecule has 14 heteroatoms. The number of halogens is 5. The minimum atomic E-state index is -2.83. The first-order valence-electron chi connectivity index (χ1n) is 12.4. The number of carbonyl (C=O) groups is 4. The molecule has 2 rings (SSSR count). The number of alkyl halides is 5. The summed E-state index contributed by atoms with van der Waals surface area (Å²) >= 11 is 16.8. The van der Waals surface area contributed by atoms with E-state index in [1.165, 1.54) is 18.0 Å². The zero-order valence-electron chi connectivity index (χ0n) is 21.6. The lowest BCUT2D eigenvalue weighted by molar-refractivity contribution is -0.152. The predicted molar refractivity (Wildman–Crippen MR) is 140 cm³/mol. The van der Waals surface area contributed by atoms with Crippen LogP contribution in [0.15, 0.2) is 12.7 Å². The quantitative estimate of drug-likeness (QED) is 0.211. The van der Waals surface area contributed by atoms with Gasteiger partial charge in [-0.05, 0) is 38.5 Å². The van der Waals surface area contributed by atoms with Gasteiger partial charge in [0.2, 0.25) is 21.5 Å². The van der Waals surface area contributed by atoms with Crippen LogP contribution in [0, 0.1) is 11.3 Å². The Morgan fingerprint density at radius 2 is 1.74 bits per heavy atom. The maximum atomic E-state index is 13.7. The molecule has 3 amide bonds. The molecule has 38 heavy (non-hydrogen) atoms. The molecular formula is C24H35Cl3F2N4O5. The maximum absolute atomic E-state index is 13.7. The molecule has 0 aromatic heterocycles. The number of amides is 3. The fraction of sp³-hybridized carbons (Fsp3) is 0.750. The second kappa shape index (κ2) is 13.1. The number of hydrogen-bond acceptors (Lipinski definition) is 6. The normalized spacial score (nSPS) is 22.7. The van der Waals surface area contributed by atoms with Gasteiger partial charge in [0.1, 0.15) is 24.7 Å². The third kappa shape index (κ3) is 8.93. The Morgan fingerprint density at radius 3 is 2.26 bits per heavy atom. The Hall–Kier alpha value is -1.69. The summed E-state index contributed by atoms with van der Waals surface area (Å²) in [6.45, 7) is 8.40. The Labute approximate surface area is 236 Å². The Bertz CT molecular complexity index is 906. The SMILES string of the molecule is C=CC1(C(=O)N[C@H](C(=O)N[C@@H](C)C(=O)N2CCC[C@@H](C(=O)OCC(Cl)(Cl)Cl)N2)C(C)C)CCC(F)(F)CC1. The van der Waals surface area contributed by atoms with Crippen LogP contribution in [-0.2, 0) is 23.9 Å². The van der Waals surface area contributed by atoms with Gasteiger partial charge in [-0.15, -0.1) is 6.58 Å². The second-order valence-electron chi connectivity index (χ2n) is 10.2. The van der Waals surface area contributed by atoms with Crippen molar-refractivity contribution in [2.24, 2.45) is 11.3 Å². The van der Waals surface area contributed by atoms with Crippen molar-refractivity contribution >= 4 is 58.5 Å². The highest BCUT2D eigenvalue weighted by atomic mass is 35.6. The first-order valence-corrected chi connectivity index (χ1v) is 13.6. The van der Waals surface area contributed by atoms with Crippen molar-refractivity contribution in [1.29, 1.82) is 0 Å². The molecule has 1 saturated heterocycles. The van der Waals surface area contributed by atoms with Gasteiger partial charge in [0.25, 0.3) is 5.91 Å². The van der Waals surface area contributed by atoms with E-state index in [2.05, 4.69) is 22.6 Å². The number of rotatable bonds is 9. The zero-order valence-corrected chi connectivity index (χ0v) is 23.9. The van der Waals surface area contributed by atoms with Crippen LogP contribution in [0.1, 0.15) is 59.3 Å². The van der Waals surface area contributed by atoms with E-state index in [1.54, 1.807) is 13.8 Å². The molecule has 0 radical (unpaired) electrons. The first-order chi connectivity index (χ1) is 17.5. The van der Waals surface area contributed by atoms with Gasteiger partial charge in [0.15, 0.2) is 0 Å². The molecule has 0 aromatic carbocycles. The number of nitrogens with zero attached hydrogens (tertiary/aromatic N) is 1. The lowest BCUT2D eigenvalue weighted by Crippen LogP contribution is -2.61. The average Bonchev–Trinajstić information content (AvgIpc) is 2.84. The van der Waals surface area contributed by atoms with E-state index in [9.17, 15) is 28.0 Å². The number of esters is 1. The maximum Gasteiger partial charge on any atom is 0.325 e. The Kier molecular flexibility index (Phi) is 11.2. The summed E-state index contributed by atoms with van der Waals surface area (Å²) in [5.74, 6) is -5.56. The number of nitrogens with one attached hydrogen (secondary N) is 3. The molecule has 1 heterocycles. The van der Waals surface area contributed by atoms with Gasteiger partial charge in [-0.25, -0.2) is 14.2 Å². The monoisotopic (exact) mass is 602 g/mol. The van der Waals surface area contributed by atoms with Crippen LogP contribution in [-0.4, -0.2) is 69.7 Å². The van der Waals surface area contributed by atoms with Crippen molar-refractivity contribution in [3.8, 4) is 0 Å². The molecule has 1 aliphatic heterocycles. The lowest BCUT2D eigenvalue weighted by atomic mass is 9.72. The standard InChI is InChI=1S/C24H35Cl3F2N4O5/c1-5-22(8-10-23(28,29)11-9-22)21(37)31-17(14(2)3)18(34)30-15(4)19(35)33-12-6-7-16(32-33)20(36)38-13-24(25,26)27/h5,14-17,32H,1,6-13H2,2-4H3,(H,30,34)(H,31,37)/t15-,16-,17-/m0/s1. The van der Waals surface area contributed by atoms with Crippen LogP contribution in [0.3, 0.4) is 0 Å². The van der Waals surface area contributed by atoms with Crippen molar-refractivity contribution in [3.05, 3.63) is 12.7 Å². The highest BCUT2D eigenvalue weighted by Gasteiger charge is 2.47. The third-order valence-corrected chi connectivity index (χ3v) is 7.12. The highest BCUT2D eigenvalue weighted by Crippen LogP contribution is 2.44. The first kappa shape index (κ1) is 32.5. The molecule has 3 N–H and O–H groups in total. The van der Waals surface area contributed by atoms with E-state index in [4.69, 9.17) is 39.5 Å². The Balaban J connectivity index is 1.99. The molecule has 0 unspecified atom stereocenters. The summed E-state index contributed by atoms with van der Waals surface area (Å²) in [4.78, 5) is 51.5. The largest absolute Gasteiger partial charge is 0.460 e. The molecule has 216 valence electrons. The van der Waals surface area contributed by atoms with Crippen molar-refractivity contribution < 1.29 is 32.7 Å². The van der Waals surface area contributed by atoms with Gasteiger partial charge in [-0.2, -0.15) is 0 Å². The molecule has 2 aliphatic rings. The van der Waals surface area contributed by atoms with Crippen LogP contribution >= 0.6 is 34.8 Å². The minimum absolute atomic E-state index is 0.0808. The van der Waals surface area contributed by atoms with Gasteiger partial charge in [-0.1, -0.05) is 54.7 Å². The molecule has 1 aliphatic carbocycles. The lowest BCUT2D eigenvalue weighted by Gasteiger charge is -2.38. The summed E-state index contributed by atoms with van der Waals surface area (Å²) in [5.41, 5.74) is 1.58. The number of ether oxygens (including phenoxy) is 1. The van der Waals surface area contributed by atoms with Gasteiger partial charge < -0.3 is 15.4 Å². The minimum Gasteiger partial charge on any atom is -0.460 e.